The number of nitrogens with zero attached hydrogens (tertiary/aromatic N) is 2. The minimum atomic E-state index is 0.407. The Labute approximate surface area is 124 Å². The van der Waals surface area contributed by atoms with Gasteiger partial charge in [0.15, 0.2) is 0 Å². The molecular formula is C16H21N3O2. The smallest absolute Gasteiger partial charge is 0.122 e. The van der Waals surface area contributed by atoms with Gasteiger partial charge < -0.3 is 19.4 Å². The van der Waals surface area contributed by atoms with Crippen LogP contribution in [0.2, 0.25) is 0 Å². The van der Waals surface area contributed by atoms with Gasteiger partial charge in [-0.2, -0.15) is 0 Å². The third-order valence-corrected chi connectivity index (χ3v) is 3.71. The van der Waals surface area contributed by atoms with Crippen molar-refractivity contribution < 1.29 is 9.47 Å². The summed E-state index contributed by atoms with van der Waals surface area (Å²) in [5.74, 6) is 1.42. The van der Waals surface area contributed by atoms with Crippen molar-refractivity contribution in [1.82, 2.24) is 14.9 Å². The van der Waals surface area contributed by atoms with Crippen LogP contribution in [0.4, 0.5) is 0 Å². The molecule has 5 nitrogen and oxygen atoms in total. The van der Waals surface area contributed by atoms with Gasteiger partial charge in [-0.15, -0.1) is 0 Å². The van der Waals surface area contributed by atoms with Crippen molar-refractivity contribution in [2.75, 3.05) is 26.9 Å². The van der Waals surface area contributed by atoms with Gasteiger partial charge in [0.25, 0.3) is 0 Å². The van der Waals surface area contributed by atoms with Crippen molar-refractivity contribution in [3.8, 4) is 5.75 Å². The normalized spacial score (nSPS) is 16.7. The Balaban J connectivity index is 1.56. The summed E-state index contributed by atoms with van der Waals surface area (Å²) in [5.41, 5.74) is 2.35. The maximum absolute atomic E-state index is 5.72. The van der Waals surface area contributed by atoms with E-state index in [2.05, 4.69) is 33.2 Å². The molecule has 2 aromatic rings. The van der Waals surface area contributed by atoms with Crippen LogP contribution in [0.5, 0.6) is 5.75 Å². The van der Waals surface area contributed by atoms with E-state index in [0.717, 1.165) is 44.3 Å². The molecule has 1 aliphatic rings. The maximum Gasteiger partial charge on any atom is 0.122 e. The fraction of sp³-hybridized carbons (Fsp3) is 0.438. The van der Waals surface area contributed by atoms with E-state index in [4.69, 9.17) is 9.47 Å². The standard InChI is InChI=1S/C16H21N3O2/c1-20-7-6-17-8-14-10-19(12-18-14)9-13-11-21-16-5-3-2-4-15(13)16/h2-5,10,12-13,17H,6-9,11H2,1H3. The quantitative estimate of drug-likeness (QED) is 0.789. The lowest BCUT2D eigenvalue weighted by molar-refractivity contribution is 0.199. The first-order chi connectivity index (χ1) is 10.4. The van der Waals surface area contributed by atoms with E-state index in [-0.39, 0.29) is 0 Å². The van der Waals surface area contributed by atoms with Crippen LogP contribution >= 0.6 is 0 Å². The third kappa shape index (κ3) is 3.43. The molecule has 0 spiro atoms. The zero-order valence-electron chi connectivity index (χ0n) is 12.3. The maximum atomic E-state index is 5.72. The molecule has 1 aromatic heterocycles. The van der Waals surface area contributed by atoms with Crippen LogP contribution in [0.15, 0.2) is 36.8 Å². The summed E-state index contributed by atoms with van der Waals surface area (Å²) in [4.78, 5) is 4.43. The molecule has 0 aliphatic carbocycles. The number of methoxy groups -OCH3 is 1. The average Bonchev–Trinajstić information content (AvgIpc) is 3.12. The lowest BCUT2D eigenvalue weighted by atomic mass is 10.0. The Morgan fingerprint density at radius 1 is 1.43 bits per heavy atom. The Morgan fingerprint density at radius 2 is 2.33 bits per heavy atom. The van der Waals surface area contributed by atoms with E-state index in [9.17, 15) is 0 Å². The second kappa shape index (κ2) is 6.74. The van der Waals surface area contributed by atoms with Gasteiger partial charge in [-0.1, -0.05) is 18.2 Å². The third-order valence-electron chi connectivity index (χ3n) is 3.71. The number of aromatic nitrogens is 2. The summed E-state index contributed by atoms with van der Waals surface area (Å²) in [6.45, 7) is 3.99. The minimum Gasteiger partial charge on any atom is -0.493 e. The number of nitrogens with one attached hydrogen (secondary N) is 1. The van der Waals surface area contributed by atoms with Gasteiger partial charge in [-0.25, -0.2) is 4.98 Å². The molecule has 3 rings (SSSR count). The molecule has 21 heavy (non-hydrogen) atoms. The average molecular weight is 287 g/mol. The molecule has 1 unspecified atom stereocenters. The van der Waals surface area contributed by atoms with Crippen molar-refractivity contribution in [3.05, 3.63) is 48.0 Å². The first-order valence-corrected chi connectivity index (χ1v) is 7.29. The summed E-state index contributed by atoms with van der Waals surface area (Å²) in [5, 5.41) is 3.30. The van der Waals surface area contributed by atoms with Crippen LogP contribution in [-0.4, -0.2) is 36.4 Å². The van der Waals surface area contributed by atoms with Gasteiger partial charge >= 0.3 is 0 Å². The highest BCUT2D eigenvalue weighted by Crippen LogP contribution is 2.34. The molecule has 1 aromatic carbocycles. The molecule has 0 saturated heterocycles. The highest BCUT2D eigenvalue weighted by atomic mass is 16.5. The number of hydrogen-bond donors (Lipinski definition) is 1. The zero-order valence-corrected chi connectivity index (χ0v) is 12.3. The van der Waals surface area contributed by atoms with E-state index in [1.54, 1.807) is 7.11 Å². The lowest BCUT2D eigenvalue weighted by Crippen LogP contribution is -2.18. The van der Waals surface area contributed by atoms with E-state index in [1.807, 2.05) is 18.5 Å². The molecule has 0 radical (unpaired) electrons. The summed E-state index contributed by atoms with van der Waals surface area (Å²) in [6, 6.07) is 8.27. The molecule has 0 saturated carbocycles. The lowest BCUT2D eigenvalue weighted by Gasteiger charge is -2.09. The van der Waals surface area contributed by atoms with Crippen LogP contribution in [0, 0.1) is 0 Å². The molecule has 1 N–H and O–H groups in total. The number of ether oxygens (including phenoxy) is 2. The van der Waals surface area contributed by atoms with Crippen LogP contribution in [0.25, 0.3) is 0 Å². The molecule has 0 bridgehead atoms. The molecule has 0 amide bonds. The predicted octanol–water partition coefficient (Wildman–Crippen LogP) is 1.80. The number of benzene rings is 1. The van der Waals surface area contributed by atoms with Gasteiger partial charge in [0.1, 0.15) is 5.75 Å². The Kier molecular flexibility index (Phi) is 4.52. The Bertz CT molecular complexity index is 582. The fourth-order valence-corrected chi connectivity index (χ4v) is 2.62. The van der Waals surface area contributed by atoms with E-state index < -0.39 is 0 Å². The van der Waals surface area contributed by atoms with Crippen molar-refractivity contribution >= 4 is 0 Å². The summed E-state index contributed by atoms with van der Waals surface area (Å²) in [7, 11) is 1.71. The summed E-state index contributed by atoms with van der Waals surface area (Å²) in [6.07, 6.45) is 4.00. The largest absolute Gasteiger partial charge is 0.493 e. The highest BCUT2D eigenvalue weighted by Gasteiger charge is 2.23. The highest BCUT2D eigenvalue weighted by molar-refractivity contribution is 5.39. The first-order valence-electron chi connectivity index (χ1n) is 7.29. The van der Waals surface area contributed by atoms with Gasteiger partial charge in [0.05, 0.1) is 25.2 Å². The van der Waals surface area contributed by atoms with E-state index in [1.165, 1.54) is 5.56 Å². The number of hydrogen-bond acceptors (Lipinski definition) is 4. The Morgan fingerprint density at radius 3 is 3.24 bits per heavy atom. The first kappa shape index (κ1) is 14.1. The SMILES string of the molecule is COCCNCc1cn(CC2COc3ccccc32)cn1. The number of imidazole rings is 1. The molecule has 1 atom stereocenters. The van der Waals surface area contributed by atoms with Gasteiger partial charge in [-0.05, 0) is 6.07 Å². The van der Waals surface area contributed by atoms with Crippen LogP contribution < -0.4 is 10.1 Å². The second-order valence-electron chi connectivity index (χ2n) is 5.28. The Hall–Kier alpha value is -1.85. The molecular weight excluding hydrogens is 266 g/mol. The van der Waals surface area contributed by atoms with Crippen LogP contribution in [-0.2, 0) is 17.8 Å². The summed E-state index contributed by atoms with van der Waals surface area (Å²) < 4.78 is 12.9. The van der Waals surface area contributed by atoms with Crippen molar-refractivity contribution in [1.29, 1.82) is 0 Å². The predicted molar refractivity (Wildman–Crippen MR) is 80.5 cm³/mol. The van der Waals surface area contributed by atoms with Crippen molar-refractivity contribution in [2.45, 2.75) is 19.0 Å². The summed E-state index contributed by atoms with van der Waals surface area (Å²) >= 11 is 0. The van der Waals surface area contributed by atoms with Gasteiger partial charge in [0, 0.05) is 44.4 Å². The number of fused-ring (bicyclic) bond motifs is 1. The topological polar surface area (TPSA) is 48.3 Å². The van der Waals surface area contributed by atoms with Gasteiger partial charge in [0.2, 0.25) is 0 Å². The molecule has 1 aliphatic heterocycles. The van der Waals surface area contributed by atoms with E-state index >= 15 is 0 Å². The van der Waals surface area contributed by atoms with Gasteiger partial charge in [-0.3, -0.25) is 0 Å². The van der Waals surface area contributed by atoms with Crippen molar-refractivity contribution in [3.63, 3.8) is 0 Å². The monoisotopic (exact) mass is 287 g/mol. The van der Waals surface area contributed by atoms with E-state index in [0.29, 0.717) is 5.92 Å². The van der Waals surface area contributed by atoms with Crippen LogP contribution in [0.3, 0.4) is 0 Å². The number of para-hydroxylation sites is 1. The van der Waals surface area contributed by atoms with Crippen LogP contribution in [0.1, 0.15) is 17.2 Å². The van der Waals surface area contributed by atoms with Crippen molar-refractivity contribution in [2.24, 2.45) is 0 Å². The second-order valence-corrected chi connectivity index (χ2v) is 5.28. The number of rotatable bonds is 7. The zero-order chi connectivity index (χ0) is 14.5. The fourth-order valence-electron chi connectivity index (χ4n) is 2.62. The molecule has 0 fully saturated rings. The molecule has 112 valence electrons. The molecule has 5 heteroatoms. The minimum absolute atomic E-state index is 0.407. The molecule has 2 heterocycles.